The lowest BCUT2D eigenvalue weighted by molar-refractivity contribution is -0.119. The molecule has 0 radical (unpaired) electrons. The zero-order valence-electron chi connectivity index (χ0n) is 10.4. The van der Waals surface area contributed by atoms with Crippen molar-refractivity contribution in [1.29, 1.82) is 0 Å². The quantitative estimate of drug-likeness (QED) is 0.841. The maximum atomic E-state index is 11.8. The van der Waals surface area contributed by atoms with Gasteiger partial charge in [0.15, 0.2) is 0 Å². The Hall–Kier alpha value is -1.84. The molecular weight excluding hydrogens is 216 g/mol. The molecule has 0 aliphatic rings. The Morgan fingerprint density at radius 1 is 1.18 bits per heavy atom. The number of hydrogen-bond donors (Lipinski definition) is 2. The third-order valence-corrected chi connectivity index (χ3v) is 2.56. The highest BCUT2D eigenvalue weighted by Gasteiger charge is 2.12. The highest BCUT2D eigenvalue weighted by atomic mass is 16.2. The zero-order chi connectivity index (χ0) is 12.8. The lowest BCUT2D eigenvalue weighted by atomic mass is 10.1. The second kappa shape index (κ2) is 6.03. The number of rotatable bonds is 4. The maximum absolute atomic E-state index is 11.8. The monoisotopic (exact) mass is 234 g/mol. The van der Waals surface area contributed by atoms with E-state index in [2.05, 4.69) is 10.6 Å². The molecule has 17 heavy (non-hydrogen) atoms. The number of benzene rings is 1. The van der Waals surface area contributed by atoms with Crippen molar-refractivity contribution < 1.29 is 9.59 Å². The molecule has 0 bridgehead atoms. The topological polar surface area (TPSA) is 58.2 Å². The van der Waals surface area contributed by atoms with Crippen LogP contribution in [0.4, 0.5) is 11.4 Å². The molecule has 0 aromatic heterocycles. The molecular formula is C13H18N2O2. The van der Waals surface area contributed by atoms with Gasteiger partial charge in [-0.1, -0.05) is 26.0 Å². The minimum atomic E-state index is -0.157. The van der Waals surface area contributed by atoms with Crippen LogP contribution in [0, 0.1) is 5.92 Å². The van der Waals surface area contributed by atoms with E-state index in [-0.39, 0.29) is 17.7 Å². The van der Waals surface area contributed by atoms with Gasteiger partial charge < -0.3 is 10.6 Å². The third kappa shape index (κ3) is 3.90. The molecule has 1 rings (SSSR count). The van der Waals surface area contributed by atoms with Crippen LogP contribution in [0.5, 0.6) is 0 Å². The molecule has 0 heterocycles. The average molecular weight is 234 g/mol. The van der Waals surface area contributed by atoms with Crippen molar-refractivity contribution in [3.63, 3.8) is 0 Å². The molecule has 4 heteroatoms. The van der Waals surface area contributed by atoms with Crippen LogP contribution >= 0.6 is 0 Å². The Morgan fingerprint density at radius 3 is 2.18 bits per heavy atom. The van der Waals surface area contributed by atoms with Crippen LogP contribution in [0.2, 0.25) is 0 Å². The summed E-state index contributed by atoms with van der Waals surface area (Å²) in [6.07, 6.45) is 0.786. The van der Waals surface area contributed by atoms with E-state index in [0.717, 1.165) is 6.42 Å². The molecule has 2 N–H and O–H groups in total. The van der Waals surface area contributed by atoms with Crippen molar-refractivity contribution in [3.05, 3.63) is 24.3 Å². The van der Waals surface area contributed by atoms with E-state index in [0.29, 0.717) is 11.4 Å². The zero-order valence-corrected chi connectivity index (χ0v) is 10.4. The Kier molecular flexibility index (Phi) is 4.69. The fourth-order valence-electron chi connectivity index (χ4n) is 1.33. The molecule has 1 atom stereocenters. The summed E-state index contributed by atoms with van der Waals surface area (Å²) >= 11 is 0. The molecule has 2 amide bonds. The number of carbonyl (C=O) groups excluding carboxylic acids is 2. The second-order valence-electron chi connectivity index (χ2n) is 4.03. The van der Waals surface area contributed by atoms with E-state index in [9.17, 15) is 9.59 Å². The molecule has 1 aromatic carbocycles. The molecule has 92 valence electrons. The summed E-state index contributed by atoms with van der Waals surface area (Å²) in [7, 11) is 0. The minimum Gasteiger partial charge on any atom is -0.325 e. The number of hydrogen-bond acceptors (Lipinski definition) is 2. The van der Waals surface area contributed by atoms with E-state index < -0.39 is 0 Å². The van der Waals surface area contributed by atoms with Crippen LogP contribution in [0.3, 0.4) is 0 Å². The Balaban J connectivity index is 2.83. The second-order valence-corrected chi connectivity index (χ2v) is 4.03. The van der Waals surface area contributed by atoms with Crippen LogP contribution < -0.4 is 10.6 Å². The third-order valence-electron chi connectivity index (χ3n) is 2.56. The van der Waals surface area contributed by atoms with Gasteiger partial charge in [0.2, 0.25) is 11.8 Å². The van der Waals surface area contributed by atoms with Gasteiger partial charge in [-0.15, -0.1) is 0 Å². The van der Waals surface area contributed by atoms with E-state index in [4.69, 9.17) is 0 Å². The number of amides is 2. The van der Waals surface area contributed by atoms with Gasteiger partial charge in [-0.3, -0.25) is 9.59 Å². The Labute approximate surface area is 101 Å². The van der Waals surface area contributed by atoms with Crippen molar-refractivity contribution in [3.8, 4) is 0 Å². The van der Waals surface area contributed by atoms with Gasteiger partial charge >= 0.3 is 0 Å². The van der Waals surface area contributed by atoms with Gasteiger partial charge in [-0.25, -0.2) is 0 Å². The number of anilines is 2. The lowest BCUT2D eigenvalue weighted by Crippen LogP contribution is -2.20. The fraction of sp³-hybridized carbons (Fsp3) is 0.385. The molecule has 0 saturated carbocycles. The first-order chi connectivity index (χ1) is 8.04. The van der Waals surface area contributed by atoms with E-state index in [1.54, 1.807) is 12.1 Å². The van der Waals surface area contributed by atoms with Crippen LogP contribution in [0.1, 0.15) is 27.2 Å². The Morgan fingerprint density at radius 2 is 1.71 bits per heavy atom. The smallest absolute Gasteiger partial charge is 0.227 e. The van der Waals surface area contributed by atoms with Gasteiger partial charge in [0, 0.05) is 12.8 Å². The summed E-state index contributed by atoms with van der Waals surface area (Å²) in [6, 6.07) is 7.15. The molecule has 0 aliphatic carbocycles. The predicted octanol–water partition coefficient (Wildman–Crippen LogP) is 2.63. The van der Waals surface area contributed by atoms with Gasteiger partial charge in [0.25, 0.3) is 0 Å². The molecule has 0 fully saturated rings. The van der Waals surface area contributed by atoms with Gasteiger partial charge in [0.1, 0.15) is 0 Å². The molecule has 1 aromatic rings. The SMILES string of the molecule is CC[C@H](C)C(=O)Nc1ccccc1NC(C)=O. The molecule has 4 nitrogen and oxygen atoms in total. The van der Waals surface area contributed by atoms with Crippen LogP contribution in [0.15, 0.2) is 24.3 Å². The summed E-state index contributed by atoms with van der Waals surface area (Å²) in [5, 5.41) is 5.49. The largest absolute Gasteiger partial charge is 0.325 e. The molecule has 0 unspecified atom stereocenters. The summed E-state index contributed by atoms with van der Waals surface area (Å²) in [4.78, 5) is 22.8. The highest BCUT2D eigenvalue weighted by Crippen LogP contribution is 2.21. The van der Waals surface area contributed by atoms with Crippen molar-refractivity contribution in [2.45, 2.75) is 27.2 Å². The molecule has 0 spiro atoms. The fourth-order valence-corrected chi connectivity index (χ4v) is 1.33. The standard InChI is InChI=1S/C13H18N2O2/c1-4-9(2)13(17)15-12-8-6-5-7-11(12)14-10(3)16/h5-9H,4H2,1-3H3,(H,14,16)(H,15,17)/t9-/m0/s1. The van der Waals surface area contributed by atoms with Gasteiger partial charge in [-0.05, 0) is 18.6 Å². The van der Waals surface area contributed by atoms with E-state index in [1.165, 1.54) is 6.92 Å². The first kappa shape index (κ1) is 13.2. The highest BCUT2D eigenvalue weighted by molar-refractivity contribution is 5.99. The normalized spacial score (nSPS) is 11.7. The first-order valence-corrected chi connectivity index (χ1v) is 5.72. The average Bonchev–Trinajstić information content (AvgIpc) is 2.29. The summed E-state index contributed by atoms with van der Waals surface area (Å²) in [5.74, 6) is -0.235. The number of nitrogens with one attached hydrogen (secondary N) is 2. The summed E-state index contributed by atoms with van der Waals surface area (Å²) < 4.78 is 0. The number of carbonyl (C=O) groups is 2. The maximum Gasteiger partial charge on any atom is 0.227 e. The van der Waals surface area contributed by atoms with Crippen LogP contribution in [-0.2, 0) is 9.59 Å². The van der Waals surface area contributed by atoms with Crippen LogP contribution in [0.25, 0.3) is 0 Å². The van der Waals surface area contributed by atoms with Crippen molar-refractivity contribution in [2.24, 2.45) is 5.92 Å². The first-order valence-electron chi connectivity index (χ1n) is 5.72. The van der Waals surface area contributed by atoms with Crippen molar-refractivity contribution in [1.82, 2.24) is 0 Å². The van der Waals surface area contributed by atoms with E-state index in [1.807, 2.05) is 26.0 Å². The predicted molar refractivity (Wildman–Crippen MR) is 68.8 cm³/mol. The molecule has 0 aliphatic heterocycles. The van der Waals surface area contributed by atoms with Crippen molar-refractivity contribution in [2.75, 3.05) is 10.6 Å². The summed E-state index contributed by atoms with van der Waals surface area (Å²) in [5.41, 5.74) is 1.25. The number of para-hydroxylation sites is 2. The molecule has 0 saturated heterocycles. The van der Waals surface area contributed by atoms with Gasteiger partial charge in [-0.2, -0.15) is 0 Å². The minimum absolute atomic E-state index is 0.0368. The van der Waals surface area contributed by atoms with Gasteiger partial charge in [0.05, 0.1) is 11.4 Å². The lowest BCUT2D eigenvalue weighted by Gasteiger charge is -2.13. The van der Waals surface area contributed by atoms with E-state index >= 15 is 0 Å². The Bertz CT molecular complexity index is 416. The van der Waals surface area contributed by atoms with Crippen molar-refractivity contribution >= 4 is 23.2 Å². The van der Waals surface area contributed by atoms with Crippen LogP contribution in [-0.4, -0.2) is 11.8 Å². The summed E-state index contributed by atoms with van der Waals surface area (Å²) in [6.45, 7) is 5.27.